The number of nitrogens with zero attached hydrogens (tertiary/aromatic N) is 1. The summed E-state index contributed by atoms with van der Waals surface area (Å²) in [7, 11) is -3.68. The predicted octanol–water partition coefficient (Wildman–Crippen LogP) is 3.72. The molecule has 0 heterocycles. The molecule has 0 aliphatic rings. The van der Waals surface area contributed by atoms with Crippen molar-refractivity contribution >= 4 is 33.2 Å². The van der Waals surface area contributed by atoms with Crippen molar-refractivity contribution in [2.45, 2.75) is 32.7 Å². The zero-order valence-corrected chi connectivity index (χ0v) is 17.5. The van der Waals surface area contributed by atoms with Crippen molar-refractivity contribution in [2.75, 3.05) is 17.1 Å². The van der Waals surface area contributed by atoms with Crippen molar-refractivity contribution < 1.29 is 13.2 Å². The van der Waals surface area contributed by atoms with E-state index in [1.54, 1.807) is 32.0 Å². The van der Waals surface area contributed by atoms with E-state index in [1.165, 1.54) is 0 Å². The zero-order chi connectivity index (χ0) is 20.2. The van der Waals surface area contributed by atoms with Crippen LogP contribution in [0.1, 0.15) is 30.9 Å². The van der Waals surface area contributed by atoms with Crippen molar-refractivity contribution in [3.8, 4) is 0 Å². The largest absolute Gasteiger partial charge is 0.354 e. The maximum Gasteiger partial charge on any atom is 0.243 e. The van der Waals surface area contributed by atoms with Gasteiger partial charge in [-0.3, -0.25) is 9.10 Å². The lowest BCUT2D eigenvalue weighted by atomic mass is 10.0. The first-order valence-corrected chi connectivity index (χ1v) is 10.9. The van der Waals surface area contributed by atoms with Crippen LogP contribution >= 0.6 is 11.6 Å². The van der Waals surface area contributed by atoms with E-state index in [0.717, 1.165) is 21.7 Å². The van der Waals surface area contributed by atoms with Crippen molar-refractivity contribution in [1.29, 1.82) is 0 Å². The Morgan fingerprint density at radius 1 is 1.15 bits per heavy atom. The monoisotopic (exact) mass is 408 g/mol. The molecular weight excluding hydrogens is 384 g/mol. The number of benzene rings is 2. The number of nitrogens with one attached hydrogen (secondary N) is 1. The second kappa shape index (κ2) is 8.76. The van der Waals surface area contributed by atoms with Gasteiger partial charge < -0.3 is 5.32 Å². The van der Waals surface area contributed by atoms with Gasteiger partial charge in [-0.25, -0.2) is 8.42 Å². The number of carbonyl (C=O) groups excluding carboxylic acids is 1. The second-order valence-corrected chi connectivity index (χ2v) is 9.02. The number of rotatable bonds is 7. The molecule has 1 amide bonds. The lowest BCUT2D eigenvalue weighted by Gasteiger charge is -2.30. The van der Waals surface area contributed by atoms with Crippen molar-refractivity contribution in [3.05, 3.63) is 64.7 Å². The van der Waals surface area contributed by atoms with E-state index in [9.17, 15) is 13.2 Å². The Morgan fingerprint density at radius 2 is 1.78 bits per heavy atom. The molecule has 0 bridgehead atoms. The highest BCUT2D eigenvalue weighted by molar-refractivity contribution is 7.92. The molecule has 7 heteroatoms. The third-order valence-electron chi connectivity index (χ3n) is 4.45. The summed E-state index contributed by atoms with van der Waals surface area (Å²) < 4.78 is 25.9. The molecule has 2 rings (SSSR count). The standard InChI is InChI=1S/C20H25ClN2O3S/c1-14-10-11-18(21)12-19(14)23(27(4,25)26)16(3)20(24)22-13-15(2)17-8-6-5-7-9-17/h5-12,15-16H,13H2,1-4H3,(H,22,24)/t15-,16-/m0/s1. The lowest BCUT2D eigenvalue weighted by molar-refractivity contribution is -0.121. The molecule has 0 aromatic heterocycles. The Hall–Kier alpha value is -2.05. The van der Waals surface area contributed by atoms with Gasteiger partial charge in [-0.2, -0.15) is 0 Å². The number of halogens is 1. The minimum absolute atomic E-state index is 0.113. The maximum absolute atomic E-state index is 12.7. The molecule has 2 aromatic carbocycles. The lowest BCUT2D eigenvalue weighted by Crippen LogP contribution is -2.48. The van der Waals surface area contributed by atoms with Gasteiger partial charge in [0.1, 0.15) is 6.04 Å². The summed E-state index contributed by atoms with van der Waals surface area (Å²) in [4.78, 5) is 12.7. The summed E-state index contributed by atoms with van der Waals surface area (Å²) in [5, 5.41) is 3.27. The maximum atomic E-state index is 12.7. The molecule has 0 unspecified atom stereocenters. The fourth-order valence-corrected chi connectivity index (χ4v) is 4.29. The normalized spacial score (nSPS) is 13.7. The molecule has 0 fully saturated rings. The minimum atomic E-state index is -3.68. The first-order valence-electron chi connectivity index (χ1n) is 8.69. The number of sulfonamides is 1. The van der Waals surface area contributed by atoms with Crippen LogP contribution in [-0.2, 0) is 14.8 Å². The molecule has 146 valence electrons. The highest BCUT2D eigenvalue weighted by Crippen LogP contribution is 2.28. The van der Waals surface area contributed by atoms with E-state index in [4.69, 9.17) is 11.6 Å². The molecule has 27 heavy (non-hydrogen) atoms. The number of anilines is 1. The van der Waals surface area contributed by atoms with Gasteiger partial charge in [-0.05, 0) is 43.0 Å². The van der Waals surface area contributed by atoms with Crippen LogP contribution < -0.4 is 9.62 Å². The van der Waals surface area contributed by atoms with E-state index in [0.29, 0.717) is 17.3 Å². The molecule has 2 aromatic rings. The average Bonchev–Trinajstić information content (AvgIpc) is 2.62. The smallest absolute Gasteiger partial charge is 0.243 e. The van der Waals surface area contributed by atoms with Crippen LogP contribution in [0.15, 0.2) is 48.5 Å². The molecule has 0 saturated heterocycles. The van der Waals surface area contributed by atoms with Crippen LogP contribution in [0.2, 0.25) is 5.02 Å². The molecule has 0 saturated carbocycles. The Kier molecular flexibility index (Phi) is 6.89. The van der Waals surface area contributed by atoms with Crippen molar-refractivity contribution in [1.82, 2.24) is 5.32 Å². The molecule has 2 atom stereocenters. The molecule has 1 N–H and O–H groups in total. The number of hydrogen-bond donors (Lipinski definition) is 1. The molecule has 0 aliphatic heterocycles. The minimum Gasteiger partial charge on any atom is -0.354 e. The van der Waals surface area contributed by atoms with Gasteiger partial charge in [0, 0.05) is 11.6 Å². The summed E-state index contributed by atoms with van der Waals surface area (Å²) in [5.74, 6) is -0.246. The number of amides is 1. The van der Waals surface area contributed by atoms with Gasteiger partial charge in [-0.1, -0.05) is 54.9 Å². The number of aryl methyl sites for hydroxylation is 1. The predicted molar refractivity (Wildman–Crippen MR) is 111 cm³/mol. The van der Waals surface area contributed by atoms with Crippen molar-refractivity contribution in [3.63, 3.8) is 0 Å². The summed E-state index contributed by atoms with van der Waals surface area (Å²) in [5.41, 5.74) is 2.24. The Morgan fingerprint density at radius 3 is 2.37 bits per heavy atom. The van der Waals surface area contributed by atoms with Crippen LogP contribution in [0.3, 0.4) is 0 Å². The summed E-state index contributed by atoms with van der Waals surface area (Å²) >= 11 is 6.04. The summed E-state index contributed by atoms with van der Waals surface area (Å²) in [6.45, 7) is 5.78. The second-order valence-electron chi connectivity index (χ2n) is 6.72. The Bertz CT molecular complexity index is 901. The summed E-state index contributed by atoms with van der Waals surface area (Å²) in [6, 6.07) is 13.9. The van der Waals surface area contributed by atoms with Crippen LogP contribution in [0, 0.1) is 6.92 Å². The average molecular weight is 409 g/mol. The highest BCUT2D eigenvalue weighted by atomic mass is 35.5. The fourth-order valence-electron chi connectivity index (χ4n) is 2.90. The Labute approximate surface area is 166 Å². The summed E-state index contributed by atoms with van der Waals surface area (Å²) in [6.07, 6.45) is 1.09. The van der Waals surface area contributed by atoms with Crippen LogP contribution in [-0.4, -0.2) is 33.2 Å². The van der Waals surface area contributed by atoms with Gasteiger partial charge in [0.25, 0.3) is 0 Å². The van der Waals surface area contributed by atoms with E-state index in [1.807, 2.05) is 37.3 Å². The van der Waals surface area contributed by atoms with E-state index in [2.05, 4.69) is 5.32 Å². The van der Waals surface area contributed by atoms with Gasteiger partial charge in [0.05, 0.1) is 11.9 Å². The third kappa shape index (κ3) is 5.47. The first-order chi connectivity index (χ1) is 12.6. The van der Waals surface area contributed by atoms with Crippen LogP contribution in [0.5, 0.6) is 0 Å². The van der Waals surface area contributed by atoms with E-state index >= 15 is 0 Å². The number of hydrogen-bond acceptors (Lipinski definition) is 3. The third-order valence-corrected chi connectivity index (χ3v) is 5.91. The van der Waals surface area contributed by atoms with E-state index in [-0.39, 0.29) is 11.8 Å². The molecule has 0 aliphatic carbocycles. The quantitative estimate of drug-likeness (QED) is 0.759. The number of carbonyl (C=O) groups is 1. The molecule has 0 radical (unpaired) electrons. The molecular formula is C20H25ClN2O3S. The Balaban J connectivity index is 2.19. The fraction of sp³-hybridized carbons (Fsp3) is 0.350. The van der Waals surface area contributed by atoms with Crippen molar-refractivity contribution in [2.24, 2.45) is 0 Å². The van der Waals surface area contributed by atoms with Gasteiger partial charge in [0.15, 0.2) is 0 Å². The first kappa shape index (κ1) is 21.3. The van der Waals surface area contributed by atoms with Crippen LogP contribution in [0.25, 0.3) is 0 Å². The highest BCUT2D eigenvalue weighted by Gasteiger charge is 2.30. The topological polar surface area (TPSA) is 66.5 Å². The zero-order valence-electron chi connectivity index (χ0n) is 15.9. The van der Waals surface area contributed by atoms with E-state index < -0.39 is 16.1 Å². The van der Waals surface area contributed by atoms with Gasteiger partial charge in [-0.15, -0.1) is 0 Å². The van der Waals surface area contributed by atoms with Gasteiger partial charge >= 0.3 is 0 Å². The van der Waals surface area contributed by atoms with Crippen LogP contribution in [0.4, 0.5) is 5.69 Å². The van der Waals surface area contributed by atoms with Gasteiger partial charge in [0.2, 0.25) is 15.9 Å². The SMILES string of the molecule is Cc1ccc(Cl)cc1N([C@@H](C)C(=O)NC[C@H](C)c1ccccc1)S(C)(=O)=O. The molecule has 0 spiro atoms. The molecule has 5 nitrogen and oxygen atoms in total.